The normalized spacial score (nSPS) is 10.3. The van der Waals surface area contributed by atoms with Gasteiger partial charge in [-0.15, -0.1) is 0 Å². The maximum Gasteiger partial charge on any atom is 0.173 e. The van der Waals surface area contributed by atoms with E-state index < -0.39 is 0 Å². The highest BCUT2D eigenvalue weighted by Crippen LogP contribution is 2.29. The molecular weight excluding hydrogens is 254 g/mol. The first kappa shape index (κ1) is 11.7. The molecule has 3 rings (SSSR count). The average Bonchev–Trinajstić information content (AvgIpc) is 2.48. The van der Waals surface area contributed by atoms with E-state index in [1.807, 2.05) is 18.2 Å². The van der Waals surface area contributed by atoms with Crippen LogP contribution in [0.3, 0.4) is 0 Å². The van der Waals surface area contributed by atoms with Crippen LogP contribution in [-0.2, 0) is 0 Å². The van der Waals surface area contributed by atoms with Gasteiger partial charge in [-0.25, -0.2) is 9.97 Å². The number of benzene rings is 2. The van der Waals surface area contributed by atoms with Crippen molar-refractivity contribution in [1.29, 1.82) is 5.26 Å². The van der Waals surface area contributed by atoms with Gasteiger partial charge in [-0.3, -0.25) is 0 Å². The molecule has 90 valence electrons. The van der Waals surface area contributed by atoms with Crippen LogP contribution in [0.5, 0.6) is 0 Å². The van der Waals surface area contributed by atoms with Crippen LogP contribution in [0.2, 0.25) is 0 Å². The Morgan fingerprint density at radius 2 is 1.74 bits per heavy atom. The van der Waals surface area contributed by atoms with Crippen molar-refractivity contribution in [3.05, 3.63) is 60.6 Å². The lowest BCUT2D eigenvalue weighted by atomic mass is 10.1. The highest BCUT2D eigenvalue weighted by molar-refractivity contribution is 7.99. The lowest BCUT2D eigenvalue weighted by Gasteiger charge is -2.03. The Kier molecular flexibility index (Phi) is 3.13. The maximum absolute atomic E-state index is 9.00. The first-order valence-corrected chi connectivity index (χ1v) is 6.56. The van der Waals surface area contributed by atoms with Crippen LogP contribution in [0.1, 0.15) is 5.69 Å². The van der Waals surface area contributed by atoms with Crippen LogP contribution in [0.4, 0.5) is 0 Å². The molecular formula is C15H9N3S. The Balaban J connectivity index is 1.99. The van der Waals surface area contributed by atoms with Gasteiger partial charge in [0.25, 0.3) is 0 Å². The zero-order valence-corrected chi connectivity index (χ0v) is 10.8. The number of aromatic nitrogens is 2. The molecule has 0 atom stereocenters. The predicted octanol–water partition coefficient (Wildman–Crippen LogP) is 3.65. The second-order valence-corrected chi connectivity index (χ2v) is 5.00. The highest BCUT2D eigenvalue weighted by atomic mass is 32.2. The van der Waals surface area contributed by atoms with Gasteiger partial charge in [0.05, 0.1) is 0 Å². The smallest absolute Gasteiger partial charge is 0.173 e. The van der Waals surface area contributed by atoms with Gasteiger partial charge in [0, 0.05) is 17.3 Å². The van der Waals surface area contributed by atoms with Crippen molar-refractivity contribution >= 4 is 22.5 Å². The van der Waals surface area contributed by atoms with E-state index in [-0.39, 0.29) is 0 Å². The summed E-state index contributed by atoms with van der Waals surface area (Å²) in [5, 5.41) is 12.0. The van der Waals surface area contributed by atoms with Crippen molar-refractivity contribution in [3.8, 4) is 6.07 Å². The SMILES string of the molecule is N#Cc1nccnc1Sc1ccc2ccccc2c1. The molecule has 0 radical (unpaired) electrons. The molecule has 0 saturated carbocycles. The summed E-state index contributed by atoms with van der Waals surface area (Å²) in [6, 6.07) is 16.4. The van der Waals surface area contributed by atoms with E-state index >= 15 is 0 Å². The van der Waals surface area contributed by atoms with Crippen LogP contribution >= 0.6 is 11.8 Å². The third-order valence-corrected chi connectivity index (χ3v) is 3.69. The van der Waals surface area contributed by atoms with Crippen LogP contribution < -0.4 is 0 Å². The Morgan fingerprint density at radius 3 is 2.58 bits per heavy atom. The summed E-state index contributed by atoms with van der Waals surface area (Å²) in [4.78, 5) is 9.27. The molecule has 0 aliphatic rings. The van der Waals surface area contributed by atoms with Crippen molar-refractivity contribution in [3.63, 3.8) is 0 Å². The number of hydrogen-bond acceptors (Lipinski definition) is 4. The molecule has 0 spiro atoms. The molecule has 0 amide bonds. The van der Waals surface area contributed by atoms with Crippen molar-refractivity contribution in [2.24, 2.45) is 0 Å². The maximum atomic E-state index is 9.00. The molecule has 3 aromatic rings. The number of hydrogen-bond donors (Lipinski definition) is 0. The summed E-state index contributed by atoms with van der Waals surface area (Å²) in [6.45, 7) is 0. The van der Waals surface area contributed by atoms with Gasteiger partial charge >= 0.3 is 0 Å². The predicted molar refractivity (Wildman–Crippen MR) is 74.8 cm³/mol. The van der Waals surface area contributed by atoms with Crippen molar-refractivity contribution < 1.29 is 0 Å². The molecule has 0 fully saturated rings. The van der Waals surface area contributed by atoms with Crippen LogP contribution in [0.15, 0.2) is 64.8 Å². The highest BCUT2D eigenvalue weighted by Gasteiger charge is 2.06. The standard InChI is InChI=1S/C15H9N3S/c16-10-14-15(18-8-7-17-14)19-13-6-5-11-3-1-2-4-12(11)9-13/h1-9H. The molecule has 0 N–H and O–H groups in total. The van der Waals surface area contributed by atoms with E-state index in [2.05, 4.69) is 40.3 Å². The number of nitriles is 1. The fourth-order valence-corrected chi connectivity index (χ4v) is 2.67. The Labute approximate surface area is 114 Å². The second-order valence-electron chi connectivity index (χ2n) is 3.93. The van der Waals surface area contributed by atoms with Crippen molar-refractivity contribution in [2.45, 2.75) is 9.92 Å². The van der Waals surface area contributed by atoms with Crippen LogP contribution in [0.25, 0.3) is 10.8 Å². The first-order valence-electron chi connectivity index (χ1n) is 5.74. The Hall–Kier alpha value is -2.38. The first-order chi connectivity index (χ1) is 9.36. The summed E-state index contributed by atoms with van der Waals surface area (Å²) in [5.74, 6) is 0. The van der Waals surface area contributed by atoms with Gasteiger partial charge in [-0.2, -0.15) is 5.26 Å². The van der Waals surface area contributed by atoms with E-state index in [9.17, 15) is 0 Å². The van der Waals surface area contributed by atoms with E-state index in [4.69, 9.17) is 5.26 Å². The summed E-state index contributed by atoms with van der Waals surface area (Å²) in [7, 11) is 0. The van der Waals surface area contributed by atoms with Crippen molar-refractivity contribution in [1.82, 2.24) is 9.97 Å². The fourth-order valence-electron chi connectivity index (χ4n) is 1.82. The largest absolute Gasteiger partial charge is 0.245 e. The monoisotopic (exact) mass is 263 g/mol. The topological polar surface area (TPSA) is 49.6 Å². The van der Waals surface area contributed by atoms with Gasteiger partial charge < -0.3 is 0 Å². The third-order valence-electron chi connectivity index (χ3n) is 2.71. The minimum atomic E-state index is 0.362. The molecule has 0 aliphatic heterocycles. The number of rotatable bonds is 2. The van der Waals surface area contributed by atoms with Crippen LogP contribution in [0, 0.1) is 11.3 Å². The minimum absolute atomic E-state index is 0.362. The summed E-state index contributed by atoms with van der Waals surface area (Å²) < 4.78 is 0. The van der Waals surface area contributed by atoms with Gasteiger partial charge in [-0.05, 0) is 22.9 Å². The van der Waals surface area contributed by atoms with Gasteiger partial charge in [0.1, 0.15) is 11.1 Å². The summed E-state index contributed by atoms with van der Waals surface area (Å²) in [6.07, 6.45) is 3.13. The Bertz CT molecular complexity index is 777. The summed E-state index contributed by atoms with van der Waals surface area (Å²) >= 11 is 1.46. The van der Waals surface area contributed by atoms with Crippen molar-refractivity contribution in [2.75, 3.05) is 0 Å². The van der Waals surface area contributed by atoms with Gasteiger partial charge in [0.2, 0.25) is 0 Å². The molecule has 3 nitrogen and oxygen atoms in total. The van der Waals surface area contributed by atoms with Gasteiger partial charge in [0.15, 0.2) is 5.69 Å². The average molecular weight is 263 g/mol. The number of fused-ring (bicyclic) bond motifs is 1. The summed E-state index contributed by atoms with van der Waals surface area (Å²) in [5.41, 5.74) is 0.362. The van der Waals surface area contributed by atoms with Gasteiger partial charge in [-0.1, -0.05) is 42.1 Å². The van der Waals surface area contributed by atoms with E-state index in [1.165, 1.54) is 28.7 Å². The van der Waals surface area contributed by atoms with Crippen LogP contribution in [-0.4, -0.2) is 9.97 Å². The van der Waals surface area contributed by atoms with E-state index in [0.717, 1.165) is 4.90 Å². The lowest BCUT2D eigenvalue weighted by molar-refractivity contribution is 1.02. The molecule has 0 aliphatic carbocycles. The lowest BCUT2D eigenvalue weighted by Crippen LogP contribution is -1.89. The van der Waals surface area contributed by atoms with E-state index in [0.29, 0.717) is 10.7 Å². The Morgan fingerprint density at radius 1 is 0.947 bits per heavy atom. The molecule has 0 bridgehead atoms. The molecule has 4 heteroatoms. The molecule has 19 heavy (non-hydrogen) atoms. The number of nitrogens with zero attached hydrogens (tertiary/aromatic N) is 3. The molecule has 2 aromatic carbocycles. The zero-order chi connectivity index (χ0) is 13.1. The fraction of sp³-hybridized carbons (Fsp3) is 0. The molecule has 1 heterocycles. The second kappa shape index (κ2) is 5.09. The van der Waals surface area contributed by atoms with E-state index in [1.54, 1.807) is 6.20 Å². The molecule has 0 saturated heterocycles. The quantitative estimate of drug-likeness (QED) is 0.708. The minimum Gasteiger partial charge on any atom is -0.245 e. The molecule has 0 unspecified atom stereocenters. The molecule has 1 aromatic heterocycles. The zero-order valence-electron chi connectivity index (χ0n) is 9.95. The third kappa shape index (κ3) is 2.42.